The van der Waals surface area contributed by atoms with E-state index in [4.69, 9.17) is 5.73 Å². The summed E-state index contributed by atoms with van der Waals surface area (Å²) >= 11 is 3.12. The number of benzene rings is 2. The van der Waals surface area contributed by atoms with Gasteiger partial charge in [0.05, 0.1) is 4.47 Å². The van der Waals surface area contributed by atoms with Crippen molar-refractivity contribution >= 4 is 33.2 Å². The molecule has 0 saturated carbocycles. The molecule has 3 nitrogen and oxygen atoms in total. The molecule has 21 heavy (non-hydrogen) atoms. The van der Waals surface area contributed by atoms with Crippen molar-refractivity contribution in [3.05, 3.63) is 57.8 Å². The van der Waals surface area contributed by atoms with Crippen LogP contribution in [0, 0.1) is 12.7 Å². The zero-order chi connectivity index (χ0) is 15.4. The molecule has 0 saturated heterocycles. The van der Waals surface area contributed by atoms with Gasteiger partial charge in [0, 0.05) is 17.8 Å². The highest BCUT2D eigenvalue weighted by Crippen LogP contribution is 2.24. The van der Waals surface area contributed by atoms with E-state index in [1.807, 2.05) is 31.2 Å². The van der Waals surface area contributed by atoms with Crippen LogP contribution in [-0.4, -0.2) is 5.91 Å². The number of nitrogen functional groups attached to an aromatic ring is 1. The number of carbonyl (C=O) groups excluding carboxylic acids is 1. The number of amides is 1. The van der Waals surface area contributed by atoms with Crippen LogP contribution in [0.15, 0.2) is 40.9 Å². The number of carbonyl (C=O) groups is 1. The molecule has 3 N–H and O–H groups in total. The van der Waals surface area contributed by atoms with Crippen LogP contribution in [0.2, 0.25) is 0 Å². The lowest BCUT2D eigenvalue weighted by molar-refractivity contribution is -0.116. The second kappa shape index (κ2) is 6.72. The zero-order valence-corrected chi connectivity index (χ0v) is 13.2. The number of hydrogen-bond donors (Lipinski definition) is 2. The van der Waals surface area contributed by atoms with Crippen molar-refractivity contribution < 1.29 is 9.18 Å². The van der Waals surface area contributed by atoms with Crippen LogP contribution in [0.4, 0.5) is 15.8 Å². The Bertz CT molecular complexity index is 656. The highest BCUT2D eigenvalue weighted by Gasteiger charge is 2.09. The minimum absolute atomic E-state index is 0.142. The molecule has 0 radical (unpaired) electrons. The predicted molar refractivity (Wildman–Crippen MR) is 86.6 cm³/mol. The van der Waals surface area contributed by atoms with Gasteiger partial charge in [-0.05, 0) is 64.7 Å². The van der Waals surface area contributed by atoms with Crippen molar-refractivity contribution in [3.63, 3.8) is 0 Å². The number of halogens is 2. The third-order valence-electron chi connectivity index (χ3n) is 3.16. The smallest absolute Gasteiger partial charge is 0.224 e. The van der Waals surface area contributed by atoms with Gasteiger partial charge in [0.1, 0.15) is 5.82 Å². The highest BCUT2D eigenvalue weighted by atomic mass is 79.9. The summed E-state index contributed by atoms with van der Waals surface area (Å²) in [6.07, 6.45) is 0.950. The molecule has 0 aliphatic heterocycles. The number of aryl methyl sites for hydroxylation is 2. The third-order valence-corrected chi connectivity index (χ3v) is 3.77. The SMILES string of the molecule is Cc1cc(Br)c(F)cc1NC(=O)CCc1ccc(N)cc1. The zero-order valence-electron chi connectivity index (χ0n) is 11.6. The van der Waals surface area contributed by atoms with Crippen LogP contribution in [0.5, 0.6) is 0 Å². The maximum absolute atomic E-state index is 13.5. The van der Waals surface area contributed by atoms with Crippen molar-refractivity contribution in [1.82, 2.24) is 0 Å². The topological polar surface area (TPSA) is 55.1 Å². The molecule has 0 aromatic heterocycles. The summed E-state index contributed by atoms with van der Waals surface area (Å²) in [7, 11) is 0. The normalized spacial score (nSPS) is 10.4. The quantitative estimate of drug-likeness (QED) is 0.817. The van der Waals surface area contributed by atoms with Crippen LogP contribution in [-0.2, 0) is 11.2 Å². The van der Waals surface area contributed by atoms with E-state index in [-0.39, 0.29) is 5.91 Å². The van der Waals surface area contributed by atoms with Crippen molar-refractivity contribution in [2.24, 2.45) is 0 Å². The van der Waals surface area contributed by atoms with Crippen LogP contribution < -0.4 is 11.1 Å². The lowest BCUT2D eigenvalue weighted by atomic mass is 10.1. The Balaban J connectivity index is 1.96. The second-order valence-electron chi connectivity index (χ2n) is 4.87. The first-order chi connectivity index (χ1) is 9.95. The van der Waals surface area contributed by atoms with Gasteiger partial charge in [-0.1, -0.05) is 12.1 Å². The van der Waals surface area contributed by atoms with Crippen molar-refractivity contribution in [2.75, 3.05) is 11.1 Å². The van der Waals surface area contributed by atoms with Crippen LogP contribution in [0.25, 0.3) is 0 Å². The fourth-order valence-corrected chi connectivity index (χ4v) is 2.39. The Morgan fingerprint density at radius 1 is 1.29 bits per heavy atom. The molecule has 0 aliphatic carbocycles. The van der Waals surface area contributed by atoms with Gasteiger partial charge in [-0.25, -0.2) is 4.39 Å². The van der Waals surface area contributed by atoms with Gasteiger partial charge in [0.2, 0.25) is 5.91 Å². The Hall–Kier alpha value is -1.88. The maximum Gasteiger partial charge on any atom is 0.224 e. The highest BCUT2D eigenvalue weighted by molar-refractivity contribution is 9.10. The molecule has 2 aromatic rings. The van der Waals surface area contributed by atoms with E-state index < -0.39 is 5.82 Å². The third kappa shape index (κ3) is 4.29. The summed E-state index contributed by atoms with van der Waals surface area (Å²) in [6, 6.07) is 10.4. The molecule has 110 valence electrons. The van der Waals surface area contributed by atoms with E-state index in [2.05, 4.69) is 21.2 Å². The molecule has 0 bridgehead atoms. The van der Waals surface area contributed by atoms with Gasteiger partial charge in [-0.3, -0.25) is 4.79 Å². The Labute approximate surface area is 131 Å². The summed E-state index contributed by atoms with van der Waals surface area (Å²) < 4.78 is 13.9. The average molecular weight is 351 g/mol. The van der Waals surface area contributed by atoms with Gasteiger partial charge >= 0.3 is 0 Å². The van der Waals surface area contributed by atoms with Gasteiger partial charge < -0.3 is 11.1 Å². The lowest BCUT2D eigenvalue weighted by Gasteiger charge is -2.09. The minimum Gasteiger partial charge on any atom is -0.399 e. The number of anilines is 2. The summed E-state index contributed by atoms with van der Waals surface area (Å²) in [5, 5.41) is 2.74. The summed E-state index contributed by atoms with van der Waals surface area (Å²) in [6.45, 7) is 1.82. The monoisotopic (exact) mass is 350 g/mol. The lowest BCUT2D eigenvalue weighted by Crippen LogP contribution is -2.13. The first-order valence-corrected chi connectivity index (χ1v) is 7.35. The van der Waals surface area contributed by atoms with E-state index in [9.17, 15) is 9.18 Å². The first-order valence-electron chi connectivity index (χ1n) is 6.55. The van der Waals surface area contributed by atoms with E-state index in [0.717, 1.165) is 11.1 Å². The molecular formula is C16H16BrFN2O. The molecule has 2 rings (SSSR count). The Morgan fingerprint density at radius 3 is 2.62 bits per heavy atom. The summed E-state index contributed by atoms with van der Waals surface area (Å²) in [5.74, 6) is -0.536. The Morgan fingerprint density at radius 2 is 1.95 bits per heavy atom. The first kappa shape index (κ1) is 15.5. The molecule has 5 heteroatoms. The fraction of sp³-hybridized carbons (Fsp3) is 0.188. The Kier molecular flexibility index (Phi) is 4.96. The van der Waals surface area contributed by atoms with Gasteiger partial charge in [-0.2, -0.15) is 0 Å². The standard InChI is InChI=1S/C16H16BrFN2O/c1-10-8-13(17)14(18)9-15(10)20-16(21)7-4-11-2-5-12(19)6-3-11/h2-3,5-6,8-9H,4,7,19H2,1H3,(H,20,21). The van der Waals surface area contributed by atoms with Crippen molar-refractivity contribution in [2.45, 2.75) is 19.8 Å². The predicted octanol–water partition coefficient (Wildman–Crippen LogP) is 4.05. The molecule has 2 aromatic carbocycles. The van der Waals surface area contributed by atoms with Crippen molar-refractivity contribution in [1.29, 1.82) is 0 Å². The largest absolute Gasteiger partial charge is 0.399 e. The minimum atomic E-state index is -0.394. The average Bonchev–Trinajstić information content (AvgIpc) is 2.44. The maximum atomic E-state index is 13.5. The molecule has 0 heterocycles. The van der Waals surface area contributed by atoms with Crippen LogP contribution in [0.1, 0.15) is 17.5 Å². The molecule has 0 fully saturated rings. The molecule has 0 unspecified atom stereocenters. The van der Waals surface area contributed by atoms with E-state index in [1.165, 1.54) is 6.07 Å². The van der Waals surface area contributed by atoms with E-state index in [0.29, 0.717) is 28.7 Å². The number of nitrogens with two attached hydrogens (primary N) is 1. The summed E-state index contributed by atoms with van der Waals surface area (Å²) in [4.78, 5) is 11.9. The molecule has 0 spiro atoms. The summed E-state index contributed by atoms with van der Waals surface area (Å²) in [5.41, 5.74) is 8.65. The molecule has 0 aliphatic rings. The number of hydrogen-bond acceptors (Lipinski definition) is 2. The van der Waals surface area contributed by atoms with Gasteiger partial charge in [-0.15, -0.1) is 0 Å². The fourth-order valence-electron chi connectivity index (χ4n) is 1.94. The van der Waals surface area contributed by atoms with E-state index >= 15 is 0 Å². The molecular weight excluding hydrogens is 335 g/mol. The number of rotatable bonds is 4. The molecule has 1 amide bonds. The van der Waals surface area contributed by atoms with Crippen LogP contribution in [0.3, 0.4) is 0 Å². The second-order valence-corrected chi connectivity index (χ2v) is 5.73. The van der Waals surface area contributed by atoms with E-state index in [1.54, 1.807) is 6.07 Å². The molecule has 0 atom stereocenters. The van der Waals surface area contributed by atoms with Crippen molar-refractivity contribution in [3.8, 4) is 0 Å². The van der Waals surface area contributed by atoms with Crippen LogP contribution >= 0.6 is 15.9 Å². The van der Waals surface area contributed by atoms with Gasteiger partial charge in [0.25, 0.3) is 0 Å². The number of nitrogens with one attached hydrogen (secondary N) is 1. The van der Waals surface area contributed by atoms with Gasteiger partial charge in [0.15, 0.2) is 0 Å².